The van der Waals surface area contributed by atoms with Gasteiger partial charge in [-0.2, -0.15) is 0 Å². The molecule has 0 aliphatic heterocycles. The predicted octanol–water partition coefficient (Wildman–Crippen LogP) is 5.86. The van der Waals surface area contributed by atoms with Gasteiger partial charge in [-0.25, -0.2) is 15.0 Å². The number of halogens is 1. The maximum atomic E-state index is 14.0. The van der Waals surface area contributed by atoms with Crippen LogP contribution in [0.25, 0.3) is 38.9 Å². The maximum absolute atomic E-state index is 14.0. The lowest BCUT2D eigenvalue weighted by Crippen LogP contribution is -2.24. The molecule has 172 valence electrons. The Morgan fingerprint density at radius 1 is 0.857 bits per heavy atom. The number of aromatic nitrogens is 5. The minimum atomic E-state index is -0.160. The molecule has 0 saturated heterocycles. The first-order valence-electron chi connectivity index (χ1n) is 11.6. The summed E-state index contributed by atoms with van der Waals surface area (Å²) in [5.41, 5.74) is 6.02. The first kappa shape index (κ1) is 21.5. The van der Waals surface area contributed by atoms with Gasteiger partial charge in [-0.1, -0.05) is 61.0 Å². The average Bonchev–Trinajstić information content (AvgIpc) is 3.18. The Labute approximate surface area is 206 Å². The molecule has 0 N–H and O–H groups in total. The number of benzene rings is 3. The number of para-hydroxylation sites is 2. The number of hydrogen-bond donors (Lipinski definition) is 0. The number of fused-ring (bicyclic) bond motifs is 4. The first-order valence-corrected chi connectivity index (χ1v) is 11.9. The molecular weight excluding hydrogens is 458 g/mol. The quantitative estimate of drug-likeness (QED) is 0.318. The average molecular weight is 480 g/mol. The van der Waals surface area contributed by atoms with Gasteiger partial charge in [0.25, 0.3) is 5.56 Å². The van der Waals surface area contributed by atoms with Crippen molar-refractivity contribution >= 4 is 44.8 Å². The zero-order valence-corrected chi connectivity index (χ0v) is 20.1. The molecule has 0 saturated carbocycles. The van der Waals surface area contributed by atoms with E-state index >= 15 is 0 Å². The van der Waals surface area contributed by atoms with Crippen LogP contribution in [0.2, 0.25) is 5.02 Å². The third kappa shape index (κ3) is 3.49. The SMILES string of the molecule is CCc1cccc(-n2c3nc4ccccc4nc3c3c(=O)n(Cc4ccccc4Cl)c(C)nc32)c1. The van der Waals surface area contributed by atoms with Crippen molar-refractivity contribution in [3.63, 3.8) is 0 Å². The van der Waals surface area contributed by atoms with Gasteiger partial charge in [-0.15, -0.1) is 0 Å². The fourth-order valence-electron chi connectivity index (χ4n) is 4.57. The van der Waals surface area contributed by atoms with Crippen molar-refractivity contribution in [3.8, 4) is 5.69 Å². The van der Waals surface area contributed by atoms with Gasteiger partial charge in [-0.05, 0) is 54.8 Å². The Bertz CT molecular complexity index is 1820. The molecule has 6 rings (SSSR count). The Balaban J connectivity index is 1.72. The second-order valence-corrected chi connectivity index (χ2v) is 8.99. The highest BCUT2D eigenvalue weighted by atomic mass is 35.5. The van der Waals surface area contributed by atoms with Crippen LogP contribution in [0.15, 0.2) is 77.6 Å². The number of aryl methyl sites for hydroxylation is 2. The second-order valence-electron chi connectivity index (χ2n) is 8.58. The molecular formula is C28H22ClN5O. The highest BCUT2D eigenvalue weighted by Crippen LogP contribution is 2.29. The van der Waals surface area contributed by atoms with Crippen LogP contribution in [-0.2, 0) is 13.0 Å². The van der Waals surface area contributed by atoms with Crippen LogP contribution in [0.4, 0.5) is 0 Å². The maximum Gasteiger partial charge on any atom is 0.265 e. The zero-order chi connectivity index (χ0) is 24.1. The van der Waals surface area contributed by atoms with Gasteiger partial charge in [-0.3, -0.25) is 13.9 Å². The van der Waals surface area contributed by atoms with Crippen molar-refractivity contribution in [2.45, 2.75) is 26.8 Å². The van der Waals surface area contributed by atoms with Gasteiger partial charge < -0.3 is 0 Å². The predicted molar refractivity (Wildman–Crippen MR) is 141 cm³/mol. The molecule has 0 fully saturated rings. The van der Waals surface area contributed by atoms with Crippen LogP contribution in [0, 0.1) is 6.92 Å². The summed E-state index contributed by atoms with van der Waals surface area (Å²) in [5, 5.41) is 1.07. The van der Waals surface area contributed by atoms with Gasteiger partial charge in [0.15, 0.2) is 11.3 Å². The Morgan fingerprint density at radius 2 is 1.60 bits per heavy atom. The molecule has 3 heterocycles. The monoisotopic (exact) mass is 479 g/mol. The van der Waals surface area contributed by atoms with E-state index in [0.29, 0.717) is 39.6 Å². The Morgan fingerprint density at radius 3 is 2.37 bits per heavy atom. The summed E-state index contributed by atoms with van der Waals surface area (Å²) in [6.45, 7) is 4.29. The van der Waals surface area contributed by atoms with Gasteiger partial charge in [0.1, 0.15) is 16.7 Å². The number of rotatable bonds is 4. The molecule has 6 aromatic rings. The van der Waals surface area contributed by atoms with Crippen molar-refractivity contribution in [2.24, 2.45) is 0 Å². The molecule has 35 heavy (non-hydrogen) atoms. The minimum absolute atomic E-state index is 0.160. The summed E-state index contributed by atoms with van der Waals surface area (Å²) in [6.07, 6.45) is 0.899. The highest BCUT2D eigenvalue weighted by Gasteiger charge is 2.22. The molecule has 0 unspecified atom stereocenters. The third-order valence-corrected chi connectivity index (χ3v) is 6.79. The first-order chi connectivity index (χ1) is 17.0. The van der Waals surface area contributed by atoms with E-state index in [0.717, 1.165) is 28.7 Å². The van der Waals surface area contributed by atoms with Crippen molar-refractivity contribution in [1.82, 2.24) is 24.1 Å². The summed E-state index contributed by atoms with van der Waals surface area (Å²) in [4.78, 5) is 28.7. The normalized spacial score (nSPS) is 11.6. The topological polar surface area (TPSA) is 65.6 Å². The van der Waals surface area contributed by atoms with Gasteiger partial charge in [0, 0.05) is 10.7 Å². The van der Waals surface area contributed by atoms with E-state index in [9.17, 15) is 4.79 Å². The summed E-state index contributed by atoms with van der Waals surface area (Å²) in [5.74, 6) is 0.600. The van der Waals surface area contributed by atoms with E-state index in [2.05, 4.69) is 19.1 Å². The summed E-state index contributed by atoms with van der Waals surface area (Å²) in [7, 11) is 0. The van der Waals surface area contributed by atoms with Crippen molar-refractivity contribution in [2.75, 3.05) is 0 Å². The van der Waals surface area contributed by atoms with E-state index in [1.165, 1.54) is 5.56 Å². The van der Waals surface area contributed by atoms with E-state index in [4.69, 9.17) is 26.6 Å². The molecule has 3 aromatic carbocycles. The van der Waals surface area contributed by atoms with Gasteiger partial charge in [0.2, 0.25) is 0 Å². The molecule has 0 radical (unpaired) electrons. The molecule has 0 bridgehead atoms. The smallest absolute Gasteiger partial charge is 0.265 e. The van der Waals surface area contributed by atoms with E-state index in [-0.39, 0.29) is 5.56 Å². The van der Waals surface area contributed by atoms with Gasteiger partial charge in [0.05, 0.1) is 17.6 Å². The Kier molecular flexibility index (Phi) is 5.11. The number of hydrogen-bond acceptors (Lipinski definition) is 4. The van der Waals surface area contributed by atoms with Crippen LogP contribution in [0.1, 0.15) is 23.9 Å². The lowest BCUT2D eigenvalue weighted by atomic mass is 10.1. The molecule has 7 heteroatoms. The van der Waals surface area contributed by atoms with E-state index in [1.54, 1.807) is 4.57 Å². The summed E-state index contributed by atoms with van der Waals surface area (Å²) < 4.78 is 3.62. The fraction of sp³-hybridized carbons (Fsp3) is 0.143. The molecule has 0 spiro atoms. The van der Waals surface area contributed by atoms with Crippen LogP contribution in [-0.4, -0.2) is 24.1 Å². The molecule has 3 aromatic heterocycles. The van der Waals surface area contributed by atoms with E-state index < -0.39 is 0 Å². The van der Waals surface area contributed by atoms with Crippen LogP contribution >= 0.6 is 11.6 Å². The lowest BCUT2D eigenvalue weighted by Gasteiger charge is -2.12. The number of nitrogens with zero attached hydrogens (tertiary/aromatic N) is 5. The lowest BCUT2D eigenvalue weighted by molar-refractivity contribution is 0.711. The second kappa shape index (κ2) is 8.32. The molecule has 0 amide bonds. The van der Waals surface area contributed by atoms with Crippen LogP contribution in [0.5, 0.6) is 0 Å². The molecule has 0 atom stereocenters. The summed E-state index contributed by atoms with van der Waals surface area (Å²) >= 11 is 6.41. The third-order valence-electron chi connectivity index (χ3n) is 6.42. The van der Waals surface area contributed by atoms with Gasteiger partial charge >= 0.3 is 0 Å². The zero-order valence-electron chi connectivity index (χ0n) is 19.4. The largest absolute Gasteiger partial charge is 0.292 e. The van der Waals surface area contributed by atoms with Crippen LogP contribution < -0.4 is 5.56 Å². The Hall–Kier alpha value is -4.03. The summed E-state index contributed by atoms with van der Waals surface area (Å²) in [6, 6.07) is 23.5. The standard InChI is InChI=1S/C28H22ClN5O/c1-3-18-9-8-11-20(15-18)34-26-24(25-27(34)32-23-14-7-6-13-22(23)31-25)28(35)33(17(2)30-26)16-19-10-4-5-12-21(19)29/h4-15H,3,16H2,1-2H3. The fourth-order valence-corrected chi connectivity index (χ4v) is 4.77. The molecule has 6 nitrogen and oxygen atoms in total. The minimum Gasteiger partial charge on any atom is -0.292 e. The van der Waals surface area contributed by atoms with Crippen molar-refractivity contribution in [3.05, 3.63) is 105 Å². The molecule has 0 aliphatic rings. The van der Waals surface area contributed by atoms with E-state index in [1.807, 2.05) is 72.2 Å². The van der Waals surface area contributed by atoms with Crippen LogP contribution in [0.3, 0.4) is 0 Å². The van der Waals surface area contributed by atoms with Crippen molar-refractivity contribution < 1.29 is 0 Å². The molecule has 0 aliphatic carbocycles. The highest BCUT2D eigenvalue weighted by molar-refractivity contribution is 6.31. The van der Waals surface area contributed by atoms with Crippen molar-refractivity contribution in [1.29, 1.82) is 0 Å².